The second kappa shape index (κ2) is 5.01. The maximum atomic E-state index is 4.42. The zero-order valence-corrected chi connectivity index (χ0v) is 10.6. The van der Waals surface area contributed by atoms with Crippen LogP contribution in [0.3, 0.4) is 0 Å². The molecule has 96 valence electrons. The van der Waals surface area contributed by atoms with Gasteiger partial charge >= 0.3 is 0 Å². The molecule has 0 unspecified atom stereocenters. The summed E-state index contributed by atoms with van der Waals surface area (Å²) >= 11 is 0. The summed E-state index contributed by atoms with van der Waals surface area (Å²) in [5.41, 5.74) is 1.83. The highest BCUT2D eigenvalue weighted by Gasteiger charge is 2.07. The van der Waals surface area contributed by atoms with Crippen LogP contribution in [0.15, 0.2) is 36.8 Å². The highest BCUT2D eigenvalue weighted by atomic mass is 15.3. The average molecular weight is 254 g/mol. The van der Waals surface area contributed by atoms with Gasteiger partial charge in [0.25, 0.3) is 0 Å². The van der Waals surface area contributed by atoms with Crippen LogP contribution in [-0.4, -0.2) is 38.7 Å². The van der Waals surface area contributed by atoms with E-state index in [9.17, 15) is 0 Å². The van der Waals surface area contributed by atoms with E-state index in [0.717, 1.165) is 29.7 Å². The fourth-order valence-corrected chi connectivity index (χ4v) is 1.84. The van der Waals surface area contributed by atoms with Gasteiger partial charge in [0.1, 0.15) is 0 Å². The van der Waals surface area contributed by atoms with E-state index in [2.05, 4.69) is 25.1 Å². The van der Waals surface area contributed by atoms with E-state index in [1.54, 1.807) is 12.4 Å². The lowest BCUT2D eigenvalue weighted by atomic mass is 10.2. The van der Waals surface area contributed by atoms with Crippen molar-refractivity contribution < 1.29 is 0 Å². The van der Waals surface area contributed by atoms with Crippen LogP contribution in [0.2, 0.25) is 0 Å². The largest absolute Gasteiger partial charge is 0.343 e. The van der Waals surface area contributed by atoms with Crippen molar-refractivity contribution in [2.24, 2.45) is 0 Å². The number of hydrogen-bond donors (Lipinski definition) is 1. The van der Waals surface area contributed by atoms with Gasteiger partial charge in [0.2, 0.25) is 5.95 Å². The van der Waals surface area contributed by atoms with E-state index in [1.807, 2.05) is 36.3 Å². The maximum Gasteiger partial charge on any atom is 0.227 e. The number of fused-ring (bicyclic) bond motifs is 1. The number of pyridine rings is 1. The normalized spacial score (nSPS) is 10.8. The minimum absolute atomic E-state index is 0.688. The smallest absolute Gasteiger partial charge is 0.227 e. The third-order valence-electron chi connectivity index (χ3n) is 2.95. The quantitative estimate of drug-likeness (QED) is 0.762. The first-order valence-electron chi connectivity index (χ1n) is 6.10. The van der Waals surface area contributed by atoms with E-state index in [1.165, 1.54) is 0 Å². The first kappa shape index (κ1) is 11.6. The second-order valence-corrected chi connectivity index (χ2v) is 4.34. The molecule has 1 N–H and O–H groups in total. The fraction of sp³-hybridized carbons (Fsp3) is 0.231. The summed E-state index contributed by atoms with van der Waals surface area (Å²) in [6.07, 6.45) is 6.16. The molecule has 0 aliphatic rings. The Kier molecular flexibility index (Phi) is 3.06. The minimum atomic E-state index is 0.688. The molecule has 0 atom stereocenters. The van der Waals surface area contributed by atoms with Gasteiger partial charge in [-0.2, -0.15) is 10.1 Å². The summed E-state index contributed by atoms with van der Waals surface area (Å²) in [5.74, 6) is 0.688. The number of nitrogens with one attached hydrogen (secondary N) is 1. The van der Waals surface area contributed by atoms with Crippen molar-refractivity contribution in [1.29, 1.82) is 0 Å². The van der Waals surface area contributed by atoms with Crippen LogP contribution in [0.5, 0.6) is 0 Å². The van der Waals surface area contributed by atoms with Crippen molar-refractivity contribution in [1.82, 2.24) is 25.1 Å². The van der Waals surface area contributed by atoms with Gasteiger partial charge in [0.15, 0.2) is 5.65 Å². The molecule has 19 heavy (non-hydrogen) atoms. The zero-order chi connectivity index (χ0) is 13.1. The van der Waals surface area contributed by atoms with E-state index >= 15 is 0 Å². The lowest BCUT2D eigenvalue weighted by Crippen LogP contribution is -2.22. The van der Waals surface area contributed by atoms with E-state index in [4.69, 9.17) is 0 Å². The van der Waals surface area contributed by atoms with Gasteiger partial charge in [0.05, 0.1) is 11.6 Å². The first-order valence-corrected chi connectivity index (χ1v) is 6.10. The Morgan fingerprint density at radius 2 is 2.16 bits per heavy atom. The number of likely N-dealkylation sites (N-methyl/N-ethyl adjacent to an activating group) is 1. The van der Waals surface area contributed by atoms with Crippen molar-refractivity contribution in [3.8, 4) is 0 Å². The average Bonchev–Trinajstić information content (AvgIpc) is 2.93. The molecule has 0 amide bonds. The SMILES string of the molecule is CN(CCc1ccccn1)c1ncc2cn[nH]c2n1. The second-order valence-electron chi connectivity index (χ2n) is 4.34. The topological polar surface area (TPSA) is 70.6 Å². The monoisotopic (exact) mass is 254 g/mol. The molecule has 0 aliphatic heterocycles. The summed E-state index contributed by atoms with van der Waals surface area (Å²) in [5, 5.41) is 7.71. The molecule has 6 nitrogen and oxygen atoms in total. The van der Waals surface area contributed by atoms with Crippen molar-refractivity contribution in [3.63, 3.8) is 0 Å². The molecule has 3 rings (SSSR count). The molecule has 3 aromatic heterocycles. The summed E-state index contributed by atoms with van der Waals surface area (Å²) in [7, 11) is 1.97. The number of rotatable bonds is 4. The third-order valence-corrected chi connectivity index (χ3v) is 2.95. The van der Waals surface area contributed by atoms with Crippen LogP contribution in [0, 0.1) is 0 Å². The molecule has 0 saturated carbocycles. The Hall–Kier alpha value is -2.50. The van der Waals surface area contributed by atoms with Crippen molar-refractivity contribution in [3.05, 3.63) is 42.5 Å². The van der Waals surface area contributed by atoms with Gasteiger partial charge in [-0.15, -0.1) is 0 Å². The zero-order valence-electron chi connectivity index (χ0n) is 10.6. The Balaban J connectivity index is 1.71. The maximum absolute atomic E-state index is 4.42. The Labute approximate surface area is 110 Å². The van der Waals surface area contributed by atoms with Crippen molar-refractivity contribution in [2.75, 3.05) is 18.5 Å². The summed E-state index contributed by atoms with van der Waals surface area (Å²) in [6.45, 7) is 0.816. The van der Waals surface area contributed by atoms with Crippen LogP contribution in [0.1, 0.15) is 5.69 Å². The standard InChI is InChI=1S/C13H14N6/c1-19(7-5-11-4-2-3-6-14-11)13-15-8-10-9-16-18-12(10)17-13/h2-4,6,8-9H,5,7H2,1H3,(H,15,16,17,18). The van der Waals surface area contributed by atoms with Gasteiger partial charge in [-0.3, -0.25) is 10.1 Å². The molecule has 6 heteroatoms. The molecule has 0 fully saturated rings. The molecule has 0 spiro atoms. The molecule has 3 aromatic rings. The fourth-order valence-electron chi connectivity index (χ4n) is 1.84. The van der Waals surface area contributed by atoms with Crippen LogP contribution in [0.4, 0.5) is 5.95 Å². The van der Waals surface area contributed by atoms with Crippen LogP contribution in [0.25, 0.3) is 11.0 Å². The first-order chi connectivity index (χ1) is 9.33. The van der Waals surface area contributed by atoms with E-state index in [-0.39, 0.29) is 0 Å². The van der Waals surface area contributed by atoms with Crippen molar-refractivity contribution in [2.45, 2.75) is 6.42 Å². The predicted molar refractivity (Wildman–Crippen MR) is 72.9 cm³/mol. The molecular weight excluding hydrogens is 240 g/mol. The van der Waals surface area contributed by atoms with Gasteiger partial charge in [-0.1, -0.05) is 6.07 Å². The molecule has 0 bridgehead atoms. The molecule has 0 aliphatic carbocycles. The summed E-state index contributed by atoms with van der Waals surface area (Å²) in [6, 6.07) is 5.94. The number of aromatic nitrogens is 5. The van der Waals surface area contributed by atoms with Crippen molar-refractivity contribution >= 4 is 17.0 Å². The summed E-state index contributed by atoms with van der Waals surface area (Å²) in [4.78, 5) is 15.1. The number of H-pyrrole nitrogens is 1. The summed E-state index contributed by atoms with van der Waals surface area (Å²) < 4.78 is 0. The minimum Gasteiger partial charge on any atom is -0.343 e. The number of hydrogen-bond acceptors (Lipinski definition) is 5. The van der Waals surface area contributed by atoms with E-state index < -0.39 is 0 Å². The lowest BCUT2D eigenvalue weighted by molar-refractivity contribution is 0.823. The number of aromatic amines is 1. The van der Waals surface area contributed by atoms with Crippen LogP contribution < -0.4 is 4.90 Å². The third kappa shape index (κ3) is 2.52. The molecular formula is C13H14N6. The Bertz CT molecular complexity index is 663. The highest BCUT2D eigenvalue weighted by Crippen LogP contribution is 2.11. The van der Waals surface area contributed by atoms with Crippen LogP contribution in [-0.2, 0) is 6.42 Å². The van der Waals surface area contributed by atoms with Crippen LogP contribution >= 0.6 is 0 Å². The molecule has 0 saturated heterocycles. The predicted octanol–water partition coefficient (Wildman–Crippen LogP) is 1.43. The van der Waals surface area contributed by atoms with Gasteiger partial charge in [-0.05, 0) is 12.1 Å². The number of anilines is 1. The molecule has 0 aromatic carbocycles. The van der Waals surface area contributed by atoms with E-state index in [0.29, 0.717) is 5.95 Å². The molecule has 0 radical (unpaired) electrons. The lowest BCUT2D eigenvalue weighted by Gasteiger charge is -2.16. The highest BCUT2D eigenvalue weighted by molar-refractivity contribution is 5.73. The van der Waals surface area contributed by atoms with Gasteiger partial charge in [0, 0.05) is 38.1 Å². The van der Waals surface area contributed by atoms with Gasteiger partial charge in [-0.25, -0.2) is 4.98 Å². The number of nitrogens with zero attached hydrogens (tertiary/aromatic N) is 5. The van der Waals surface area contributed by atoms with Gasteiger partial charge < -0.3 is 4.90 Å². The Morgan fingerprint density at radius 1 is 1.21 bits per heavy atom. The Morgan fingerprint density at radius 3 is 3.00 bits per heavy atom. The molecule has 3 heterocycles.